The van der Waals surface area contributed by atoms with Crippen molar-refractivity contribution >= 4 is 39.5 Å². The number of carbonyl (C=O) groups is 4. The number of hydrogen-bond acceptors (Lipinski definition) is 15. The summed E-state index contributed by atoms with van der Waals surface area (Å²) in [5.74, 6) is 0.245. The molecule has 17 nitrogen and oxygen atoms in total. The quantitative estimate of drug-likeness (QED) is 0.0222. The van der Waals surface area contributed by atoms with Crippen LogP contribution in [0.3, 0.4) is 0 Å². The Morgan fingerprint density at radius 1 is 0.298 bits per heavy atom. The molecule has 8 atom stereocenters. The maximum atomic E-state index is 13.1. The number of carbonyl (C=O) groups excluding carboxylic acids is 4. The molecule has 0 aromatic heterocycles. The molecule has 0 amide bonds. The lowest BCUT2D eigenvalue weighted by molar-refractivity contribution is -0.161. The summed E-state index contributed by atoms with van der Waals surface area (Å²) in [5.41, 5.74) is 0. The highest BCUT2D eigenvalue weighted by Crippen LogP contribution is 2.45. The van der Waals surface area contributed by atoms with Gasteiger partial charge in [0.2, 0.25) is 0 Å². The zero-order valence-electron chi connectivity index (χ0n) is 61.4. The fraction of sp³-hybridized carbons (Fsp3) is 0.947. The Kier molecular flexibility index (Phi) is 64.3. The van der Waals surface area contributed by atoms with Gasteiger partial charge < -0.3 is 33.8 Å². The third-order valence-corrected chi connectivity index (χ3v) is 20.4. The van der Waals surface area contributed by atoms with E-state index in [4.69, 9.17) is 37.0 Å². The lowest BCUT2D eigenvalue weighted by atomic mass is 9.99. The molecule has 558 valence electrons. The van der Waals surface area contributed by atoms with Gasteiger partial charge in [0.05, 0.1) is 26.4 Å². The third kappa shape index (κ3) is 64.7. The lowest BCUT2D eigenvalue weighted by Gasteiger charge is -2.21. The number of phosphoric ester groups is 2. The second-order valence-electron chi connectivity index (χ2n) is 27.8. The van der Waals surface area contributed by atoms with Crippen LogP contribution in [0.25, 0.3) is 0 Å². The molecule has 0 saturated carbocycles. The van der Waals surface area contributed by atoms with E-state index in [2.05, 4.69) is 48.5 Å². The van der Waals surface area contributed by atoms with E-state index in [1.165, 1.54) is 193 Å². The standard InChI is InChI=1S/C75H146O17P2/c1-8-12-13-14-15-16-28-34-42-49-56-72(77)85-63-71(92-75(80)59-52-45-38-37-41-48-55-68(7)11-4)65-90-94(83,84)88-61-69(76)60-87-93(81,82)89-64-70(62-86-73(78)57-50-43-35-31-30-33-40-47-54-67(6)10-3)91-74(79)58-51-44-36-29-26-24-22-20-18-17-19-21-23-25-27-32-39-46-53-66(5)9-2/h66-71,76H,8-65H2,1-7H3,(H,81,82)(H,83,84)/t66?,67?,68?,69-,70-,71-/m1/s1. The van der Waals surface area contributed by atoms with Crippen LogP contribution in [-0.4, -0.2) is 96.7 Å². The maximum absolute atomic E-state index is 13.1. The molecule has 0 fully saturated rings. The fourth-order valence-electron chi connectivity index (χ4n) is 11.3. The Morgan fingerprint density at radius 2 is 0.511 bits per heavy atom. The Labute approximate surface area is 575 Å². The van der Waals surface area contributed by atoms with Crippen LogP contribution in [0.2, 0.25) is 0 Å². The van der Waals surface area contributed by atoms with Crippen LogP contribution < -0.4 is 0 Å². The molecule has 5 unspecified atom stereocenters. The van der Waals surface area contributed by atoms with Crippen molar-refractivity contribution in [3.63, 3.8) is 0 Å². The number of aliphatic hydroxyl groups is 1. The normalized spacial score (nSPS) is 15.0. The van der Waals surface area contributed by atoms with Gasteiger partial charge >= 0.3 is 39.5 Å². The summed E-state index contributed by atoms with van der Waals surface area (Å²) >= 11 is 0. The molecule has 0 saturated heterocycles. The number of ether oxygens (including phenoxy) is 4. The highest BCUT2D eigenvalue weighted by atomic mass is 31.2. The van der Waals surface area contributed by atoms with Crippen LogP contribution in [0.1, 0.15) is 382 Å². The summed E-state index contributed by atoms with van der Waals surface area (Å²) in [6, 6.07) is 0. The summed E-state index contributed by atoms with van der Waals surface area (Å²) in [6.07, 6.45) is 51.4. The van der Waals surface area contributed by atoms with E-state index in [9.17, 15) is 43.2 Å². The number of aliphatic hydroxyl groups excluding tert-OH is 1. The molecule has 0 aliphatic heterocycles. The Bertz CT molecular complexity index is 1840. The molecule has 3 N–H and O–H groups in total. The fourth-order valence-corrected chi connectivity index (χ4v) is 12.9. The van der Waals surface area contributed by atoms with Gasteiger partial charge in [-0.15, -0.1) is 0 Å². The molecule has 0 heterocycles. The van der Waals surface area contributed by atoms with Crippen LogP contribution in [0.5, 0.6) is 0 Å². The highest BCUT2D eigenvalue weighted by Gasteiger charge is 2.30. The van der Waals surface area contributed by atoms with Crippen molar-refractivity contribution in [1.29, 1.82) is 0 Å². The van der Waals surface area contributed by atoms with Gasteiger partial charge in [-0.1, -0.05) is 331 Å². The smallest absolute Gasteiger partial charge is 0.462 e. The molecule has 94 heavy (non-hydrogen) atoms. The number of rotatable bonds is 73. The van der Waals surface area contributed by atoms with Crippen molar-refractivity contribution in [2.75, 3.05) is 39.6 Å². The van der Waals surface area contributed by atoms with Gasteiger partial charge in [0.15, 0.2) is 12.2 Å². The van der Waals surface area contributed by atoms with Crippen LogP contribution in [0, 0.1) is 17.8 Å². The van der Waals surface area contributed by atoms with E-state index >= 15 is 0 Å². The summed E-state index contributed by atoms with van der Waals surface area (Å²) in [5, 5.41) is 10.6. The third-order valence-electron chi connectivity index (χ3n) is 18.5. The molecular weight excluding hydrogens is 1230 g/mol. The number of unbranched alkanes of at least 4 members (excludes halogenated alkanes) is 38. The van der Waals surface area contributed by atoms with Crippen LogP contribution >= 0.6 is 15.6 Å². The molecule has 19 heteroatoms. The van der Waals surface area contributed by atoms with Crippen LogP contribution in [-0.2, 0) is 65.4 Å². The largest absolute Gasteiger partial charge is 0.472 e. The molecule has 0 aromatic carbocycles. The predicted molar refractivity (Wildman–Crippen MR) is 381 cm³/mol. The highest BCUT2D eigenvalue weighted by molar-refractivity contribution is 7.47. The van der Waals surface area contributed by atoms with E-state index in [0.717, 1.165) is 108 Å². The number of esters is 4. The zero-order valence-corrected chi connectivity index (χ0v) is 63.2. The van der Waals surface area contributed by atoms with Gasteiger partial charge in [0.1, 0.15) is 19.3 Å². The minimum Gasteiger partial charge on any atom is -0.462 e. The van der Waals surface area contributed by atoms with Gasteiger partial charge in [-0.05, 0) is 43.4 Å². The van der Waals surface area contributed by atoms with Gasteiger partial charge in [0, 0.05) is 25.7 Å². The summed E-state index contributed by atoms with van der Waals surface area (Å²) < 4.78 is 68.4. The molecule has 0 aliphatic carbocycles. The lowest BCUT2D eigenvalue weighted by Crippen LogP contribution is -2.30. The van der Waals surface area contributed by atoms with Gasteiger partial charge in [-0.2, -0.15) is 0 Å². The van der Waals surface area contributed by atoms with E-state index in [1.54, 1.807) is 0 Å². The average Bonchev–Trinajstić information content (AvgIpc) is 3.27. The number of hydrogen-bond donors (Lipinski definition) is 3. The summed E-state index contributed by atoms with van der Waals surface area (Å²) in [6.45, 7) is 11.9. The molecule has 0 aromatic rings. The SMILES string of the molecule is CCCCCCCCCCCCC(=O)OC[C@H](COP(=O)(O)OC[C@H](O)COP(=O)(O)OC[C@@H](COC(=O)CCCCCCCCCCC(C)CC)OC(=O)CCCCCCCCCCCCCCCCCCCCC(C)CC)OC(=O)CCCCCCCCC(C)CC. The van der Waals surface area contributed by atoms with Gasteiger partial charge in [0.25, 0.3) is 0 Å². The van der Waals surface area contributed by atoms with Crippen molar-refractivity contribution in [3.05, 3.63) is 0 Å². The van der Waals surface area contributed by atoms with Gasteiger partial charge in [-0.3, -0.25) is 37.3 Å². The minimum atomic E-state index is -4.96. The zero-order chi connectivity index (χ0) is 69.4. The molecular formula is C75H146O17P2. The topological polar surface area (TPSA) is 237 Å². The van der Waals surface area contributed by atoms with Crippen molar-refractivity contribution in [3.8, 4) is 0 Å². The first kappa shape index (κ1) is 92.1. The second kappa shape index (κ2) is 65.7. The second-order valence-corrected chi connectivity index (χ2v) is 30.7. The van der Waals surface area contributed by atoms with Crippen molar-refractivity contribution in [1.82, 2.24) is 0 Å². The van der Waals surface area contributed by atoms with E-state index in [-0.39, 0.29) is 25.7 Å². The van der Waals surface area contributed by atoms with Crippen molar-refractivity contribution in [2.45, 2.75) is 401 Å². The number of phosphoric acid groups is 2. The van der Waals surface area contributed by atoms with Crippen molar-refractivity contribution < 1.29 is 80.2 Å². The Morgan fingerprint density at radius 3 is 0.755 bits per heavy atom. The van der Waals surface area contributed by atoms with E-state index in [1.807, 2.05) is 0 Å². The summed E-state index contributed by atoms with van der Waals surface area (Å²) in [4.78, 5) is 72.7. The van der Waals surface area contributed by atoms with Crippen LogP contribution in [0.4, 0.5) is 0 Å². The van der Waals surface area contributed by atoms with E-state index < -0.39 is 97.5 Å². The molecule has 0 bridgehead atoms. The van der Waals surface area contributed by atoms with Gasteiger partial charge in [-0.25, -0.2) is 9.13 Å². The first-order chi connectivity index (χ1) is 45.3. The van der Waals surface area contributed by atoms with Crippen LogP contribution in [0.15, 0.2) is 0 Å². The van der Waals surface area contributed by atoms with E-state index in [0.29, 0.717) is 25.7 Å². The minimum absolute atomic E-state index is 0.103. The maximum Gasteiger partial charge on any atom is 0.472 e. The average molecular weight is 1380 g/mol. The monoisotopic (exact) mass is 1380 g/mol. The molecule has 0 rings (SSSR count). The Balaban J connectivity index is 5.17. The molecule has 0 radical (unpaired) electrons. The predicted octanol–water partition coefficient (Wildman–Crippen LogP) is 21.8. The molecule has 0 spiro atoms. The summed E-state index contributed by atoms with van der Waals surface area (Å²) in [7, 11) is -9.91. The first-order valence-corrected chi connectivity index (χ1v) is 42.0. The van der Waals surface area contributed by atoms with Crippen molar-refractivity contribution in [2.24, 2.45) is 17.8 Å². The Hall–Kier alpha value is -1.94. The first-order valence-electron chi connectivity index (χ1n) is 39.0. The molecule has 0 aliphatic rings.